The van der Waals surface area contributed by atoms with Gasteiger partial charge in [0.2, 0.25) is 0 Å². The molecule has 122 valence electrons. The normalized spacial score (nSPS) is 13.5. The van der Waals surface area contributed by atoms with Crippen molar-refractivity contribution in [3.8, 4) is 5.75 Å². The highest BCUT2D eigenvalue weighted by molar-refractivity contribution is 9.12. The molecule has 0 spiro atoms. The number of halogens is 2. The molecule has 0 bridgehead atoms. The van der Waals surface area contributed by atoms with E-state index < -0.39 is 0 Å². The summed E-state index contributed by atoms with van der Waals surface area (Å²) in [6.07, 6.45) is 0. The fourth-order valence-electron chi connectivity index (χ4n) is 2.59. The van der Waals surface area contributed by atoms with Gasteiger partial charge in [-0.05, 0) is 34.5 Å². The third-order valence-electron chi connectivity index (χ3n) is 3.98. The molecule has 0 unspecified atom stereocenters. The molecule has 0 fully saturated rings. The van der Waals surface area contributed by atoms with Crippen molar-refractivity contribution in [3.05, 3.63) is 77.9 Å². The second kappa shape index (κ2) is 7.49. The summed E-state index contributed by atoms with van der Waals surface area (Å²) in [6, 6.07) is 21.5. The van der Waals surface area contributed by atoms with Gasteiger partial charge in [-0.15, -0.1) is 0 Å². The fourth-order valence-corrected chi connectivity index (χ4v) is 3.71. The standard InChI is InChI=1S/C20H16Br2O2/c1-24-17-10-8-14(9-11-17)18(21)19(22)20(23)16-7-6-13-4-2-3-5-15(13)12-16/h2-12,18-19H,1H3/t18-,19+/m1/s1. The maximum atomic E-state index is 12.8. The number of ether oxygens (including phenoxy) is 1. The van der Waals surface area contributed by atoms with Crippen LogP contribution in [0.4, 0.5) is 0 Å². The average molecular weight is 448 g/mol. The second-order valence-electron chi connectivity index (χ2n) is 5.50. The molecule has 0 aromatic heterocycles. The molecule has 0 aliphatic rings. The predicted molar refractivity (Wildman–Crippen MR) is 106 cm³/mol. The maximum absolute atomic E-state index is 12.8. The average Bonchev–Trinajstić information content (AvgIpc) is 2.66. The molecule has 0 aliphatic heterocycles. The van der Waals surface area contributed by atoms with Crippen molar-refractivity contribution in [1.82, 2.24) is 0 Å². The lowest BCUT2D eigenvalue weighted by molar-refractivity contribution is 0.0991. The number of carbonyl (C=O) groups excluding carboxylic acids is 1. The molecule has 0 N–H and O–H groups in total. The third-order valence-corrected chi connectivity index (χ3v) is 6.69. The first kappa shape index (κ1) is 17.2. The minimum absolute atomic E-state index is 0.0541. The lowest BCUT2D eigenvalue weighted by Crippen LogP contribution is -2.19. The van der Waals surface area contributed by atoms with Crippen LogP contribution in [-0.2, 0) is 0 Å². The quantitative estimate of drug-likeness (QED) is 0.357. The summed E-state index contributed by atoms with van der Waals surface area (Å²) in [5.74, 6) is 0.851. The van der Waals surface area contributed by atoms with Crippen molar-refractivity contribution in [2.45, 2.75) is 9.65 Å². The van der Waals surface area contributed by atoms with E-state index in [0.29, 0.717) is 5.56 Å². The zero-order valence-electron chi connectivity index (χ0n) is 13.1. The molecule has 0 heterocycles. The summed E-state index contributed by atoms with van der Waals surface area (Å²) < 4.78 is 5.17. The van der Waals surface area contributed by atoms with E-state index in [-0.39, 0.29) is 15.4 Å². The summed E-state index contributed by atoms with van der Waals surface area (Å²) in [6.45, 7) is 0. The van der Waals surface area contributed by atoms with Crippen molar-refractivity contribution in [2.75, 3.05) is 7.11 Å². The van der Waals surface area contributed by atoms with Crippen LogP contribution < -0.4 is 4.74 Å². The number of Topliss-reactive ketones (excluding diaryl/α,β-unsaturated/α-hetero) is 1. The number of hydrogen-bond acceptors (Lipinski definition) is 2. The maximum Gasteiger partial charge on any atom is 0.177 e. The second-order valence-corrected chi connectivity index (χ2v) is 7.48. The Hall–Kier alpha value is -1.65. The van der Waals surface area contributed by atoms with Crippen LogP contribution in [0, 0.1) is 0 Å². The van der Waals surface area contributed by atoms with Crippen molar-refractivity contribution < 1.29 is 9.53 Å². The molecular weight excluding hydrogens is 432 g/mol. The van der Waals surface area contributed by atoms with E-state index >= 15 is 0 Å². The minimum Gasteiger partial charge on any atom is -0.497 e. The van der Waals surface area contributed by atoms with Gasteiger partial charge in [0.15, 0.2) is 5.78 Å². The highest BCUT2D eigenvalue weighted by atomic mass is 79.9. The first-order valence-corrected chi connectivity index (χ1v) is 9.38. The lowest BCUT2D eigenvalue weighted by atomic mass is 10.00. The summed E-state index contributed by atoms with van der Waals surface area (Å²) >= 11 is 7.19. The molecule has 0 aliphatic carbocycles. The number of benzene rings is 3. The van der Waals surface area contributed by atoms with Gasteiger partial charge in [0.25, 0.3) is 0 Å². The van der Waals surface area contributed by atoms with E-state index in [0.717, 1.165) is 22.1 Å². The van der Waals surface area contributed by atoms with Gasteiger partial charge >= 0.3 is 0 Å². The van der Waals surface area contributed by atoms with Gasteiger partial charge in [0, 0.05) is 5.56 Å². The van der Waals surface area contributed by atoms with Crippen LogP contribution in [0.2, 0.25) is 0 Å². The van der Waals surface area contributed by atoms with Gasteiger partial charge in [-0.25, -0.2) is 0 Å². The smallest absolute Gasteiger partial charge is 0.177 e. The number of alkyl halides is 2. The summed E-state index contributed by atoms with van der Waals surface area (Å²) in [5.41, 5.74) is 1.72. The molecular formula is C20H16Br2O2. The summed E-state index contributed by atoms with van der Waals surface area (Å²) in [7, 11) is 1.64. The van der Waals surface area contributed by atoms with Crippen LogP contribution in [0.25, 0.3) is 10.8 Å². The van der Waals surface area contributed by atoms with Crippen LogP contribution in [0.15, 0.2) is 66.7 Å². The lowest BCUT2D eigenvalue weighted by Gasteiger charge is -2.17. The van der Waals surface area contributed by atoms with Crippen molar-refractivity contribution in [3.63, 3.8) is 0 Å². The van der Waals surface area contributed by atoms with E-state index in [4.69, 9.17) is 4.74 Å². The molecule has 3 aromatic rings. The molecule has 2 atom stereocenters. The van der Waals surface area contributed by atoms with E-state index in [1.54, 1.807) is 7.11 Å². The Kier molecular flexibility index (Phi) is 5.36. The van der Waals surface area contributed by atoms with Crippen molar-refractivity contribution in [2.24, 2.45) is 0 Å². The van der Waals surface area contributed by atoms with E-state index in [9.17, 15) is 4.79 Å². The van der Waals surface area contributed by atoms with E-state index in [1.807, 2.05) is 66.7 Å². The predicted octanol–water partition coefficient (Wildman–Crippen LogP) is 5.93. The van der Waals surface area contributed by atoms with E-state index in [1.165, 1.54) is 0 Å². The molecule has 4 heteroatoms. The van der Waals surface area contributed by atoms with Gasteiger partial charge in [-0.3, -0.25) is 4.79 Å². The molecule has 0 radical (unpaired) electrons. The summed E-state index contributed by atoms with van der Waals surface area (Å²) in [5, 5.41) is 2.20. The number of ketones is 1. The third kappa shape index (κ3) is 3.55. The fraction of sp³-hybridized carbons (Fsp3) is 0.150. The minimum atomic E-state index is -0.355. The first-order chi connectivity index (χ1) is 11.6. The SMILES string of the molecule is COc1ccc([C@@H](Br)[C@H](Br)C(=O)c2ccc3ccccc3c2)cc1. The van der Waals surface area contributed by atoms with Gasteiger partial charge in [0.05, 0.1) is 16.8 Å². The van der Waals surface area contributed by atoms with Crippen LogP contribution in [0.3, 0.4) is 0 Å². The Bertz CT molecular complexity index is 859. The van der Waals surface area contributed by atoms with Crippen LogP contribution in [-0.4, -0.2) is 17.7 Å². The Morgan fingerprint density at radius 3 is 2.25 bits per heavy atom. The zero-order valence-corrected chi connectivity index (χ0v) is 16.2. The van der Waals surface area contributed by atoms with Crippen LogP contribution in [0.1, 0.15) is 20.7 Å². The molecule has 0 amide bonds. The topological polar surface area (TPSA) is 26.3 Å². The Morgan fingerprint density at radius 1 is 0.917 bits per heavy atom. The first-order valence-electron chi connectivity index (χ1n) is 7.55. The van der Waals surface area contributed by atoms with Gasteiger partial charge in [0.1, 0.15) is 5.75 Å². The summed E-state index contributed by atoms with van der Waals surface area (Å²) in [4.78, 5) is 12.3. The number of methoxy groups -OCH3 is 1. The Morgan fingerprint density at radius 2 is 1.58 bits per heavy atom. The molecule has 3 aromatic carbocycles. The molecule has 3 rings (SSSR count). The monoisotopic (exact) mass is 446 g/mol. The number of hydrogen-bond donors (Lipinski definition) is 0. The number of fused-ring (bicyclic) bond motifs is 1. The number of carbonyl (C=O) groups is 1. The molecule has 24 heavy (non-hydrogen) atoms. The van der Waals surface area contributed by atoms with Gasteiger partial charge < -0.3 is 4.74 Å². The van der Waals surface area contributed by atoms with Crippen molar-refractivity contribution >= 4 is 48.4 Å². The van der Waals surface area contributed by atoms with Crippen LogP contribution in [0.5, 0.6) is 5.75 Å². The zero-order chi connectivity index (χ0) is 17.1. The Balaban J connectivity index is 1.83. The highest BCUT2D eigenvalue weighted by Crippen LogP contribution is 2.34. The largest absolute Gasteiger partial charge is 0.497 e. The number of rotatable bonds is 5. The molecule has 0 saturated carbocycles. The Labute approximate surface area is 158 Å². The highest BCUT2D eigenvalue weighted by Gasteiger charge is 2.26. The molecule has 0 saturated heterocycles. The van der Waals surface area contributed by atoms with Gasteiger partial charge in [-0.2, -0.15) is 0 Å². The van der Waals surface area contributed by atoms with Crippen LogP contribution >= 0.6 is 31.9 Å². The van der Waals surface area contributed by atoms with Gasteiger partial charge in [-0.1, -0.05) is 80.4 Å². The molecule has 2 nitrogen and oxygen atoms in total. The van der Waals surface area contributed by atoms with Crippen molar-refractivity contribution in [1.29, 1.82) is 0 Å². The van der Waals surface area contributed by atoms with E-state index in [2.05, 4.69) is 31.9 Å².